The fourth-order valence-corrected chi connectivity index (χ4v) is 2.78. The standard InChI is InChI=1S/C13H13N3O6/c14-8(19)4-16-10(5-1-2-6(17)7(18)3-5)9-11(22-16)13(21)15-12(9)20/h1-3,9-11,17-18H,4H2,(H2,14,19)(H,15,20,21). The molecule has 0 radical (unpaired) electrons. The zero-order valence-corrected chi connectivity index (χ0v) is 11.2. The molecule has 2 fully saturated rings. The second-order valence-corrected chi connectivity index (χ2v) is 5.14. The number of imide groups is 1. The first-order chi connectivity index (χ1) is 10.4. The van der Waals surface area contributed by atoms with Crippen LogP contribution in [0.3, 0.4) is 0 Å². The molecule has 3 atom stereocenters. The van der Waals surface area contributed by atoms with Gasteiger partial charge >= 0.3 is 0 Å². The first-order valence-electron chi connectivity index (χ1n) is 6.47. The minimum absolute atomic E-state index is 0.320. The lowest BCUT2D eigenvalue weighted by Gasteiger charge is -2.24. The van der Waals surface area contributed by atoms with E-state index in [-0.39, 0.29) is 18.0 Å². The third kappa shape index (κ3) is 2.16. The van der Waals surface area contributed by atoms with Crippen LogP contribution in [0.4, 0.5) is 0 Å². The predicted octanol–water partition coefficient (Wildman–Crippen LogP) is -1.49. The lowest BCUT2D eigenvalue weighted by atomic mass is 9.90. The summed E-state index contributed by atoms with van der Waals surface area (Å²) in [6, 6.07) is 3.18. The number of nitrogens with two attached hydrogens (primary N) is 1. The number of hydroxylamine groups is 2. The van der Waals surface area contributed by atoms with Crippen LogP contribution in [0.2, 0.25) is 0 Å². The quantitative estimate of drug-likeness (QED) is 0.393. The van der Waals surface area contributed by atoms with Crippen LogP contribution >= 0.6 is 0 Å². The number of rotatable bonds is 3. The number of primary amides is 1. The van der Waals surface area contributed by atoms with Gasteiger partial charge < -0.3 is 15.9 Å². The van der Waals surface area contributed by atoms with Gasteiger partial charge in [-0.05, 0) is 17.7 Å². The number of hydrogen-bond donors (Lipinski definition) is 4. The highest BCUT2D eigenvalue weighted by Gasteiger charge is 2.56. The smallest absolute Gasteiger partial charge is 0.258 e. The van der Waals surface area contributed by atoms with Gasteiger partial charge in [-0.2, -0.15) is 5.06 Å². The van der Waals surface area contributed by atoms with Crippen LogP contribution in [0.15, 0.2) is 18.2 Å². The van der Waals surface area contributed by atoms with E-state index in [2.05, 4.69) is 5.32 Å². The zero-order valence-electron chi connectivity index (χ0n) is 11.2. The molecule has 5 N–H and O–H groups in total. The lowest BCUT2D eigenvalue weighted by Crippen LogP contribution is -2.37. The molecule has 116 valence electrons. The molecule has 2 saturated heterocycles. The Labute approximate surface area is 124 Å². The number of nitrogens with zero attached hydrogens (tertiary/aromatic N) is 1. The highest BCUT2D eigenvalue weighted by molar-refractivity contribution is 6.07. The topological polar surface area (TPSA) is 142 Å². The van der Waals surface area contributed by atoms with E-state index in [0.29, 0.717) is 5.56 Å². The van der Waals surface area contributed by atoms with Gasteiger partial charge in [0.1, 0.15) is 6.54 Å². The summed E-state index contributed by atoms with van der Waals surface area (Å²) >= 11 is 0. The zero-order chi connectivity index (χ0) is 16.0. The summed E-state index contributed by atoms with van der Waals surface area (Å²) < 4.78 is 0. The van der Waals surface area contributed by atoms with Gasteiger partial charge in [0.05, 0.1) is 12.0 Å². The average molecular weight is 307 g/mol. The molecule has 3 rings (SSSR count). The highest BCUT2D eigenvalue weighted by Crippen LogP contribution is 2.43. The first-order valence-corrected chi connectivity index (χ1v) is 6.47. The lowest BCUT2D eigenvalue weighted by molar-refractivity contribution is -0.176. The molecular formula is C13H13N3O6. The Hall–Kier alpha value is -2.65. The van der Waals surface area contributed by atoms with E-state index in [1.807, 2.05) is 0 Å². The number of nitrogens with one attached hydrogen (secondary N) is 1. The summed E-state index contributed by atoms with van der Waals surface area (Å²) in [6.45, 7) is -0.320. The maximum atomic E-state index is 12.0. The minimum Gasteiger partial charge on any atom is -0.504 e. The van der Waals surface area contributed by atoms with Crippen LogP contribution < -0.4 is 11.1 Å². The van der Waals surface area contributed by atoms with Crippen molar-refractivity contribution in [3.8, 4) is 11.5 Å². The van der Waals surface area contributed by atoms with Gasteiger partial charge in [-0.1, -0.05) is 6.07 Å². The van der Waals surface area contributed by atoms with Crippen molar-refractivity contribution >= 4 is 17.7 Å². The average Bonchev–Trinajstić information content (AvgIpc) is 2.92. The summed E-state index contributed by atoms with van der Waals surface area (Å²) in [4.78, 5) is 40.2. The fraction of sp³-hybridized carbons (Fsp3) is 0.308. The number of carbonyl (C=O) groups excluding carboxylic acids is 3. The van der Waals surface area contributed by atoms with Crippen LogP contribution in [-0.4, -0.2) is 45.6 Å². The van der Waals surface area contributed by atoms with Crippen LogP contribution in [-0.2, 0) is 19.2 Å². The largest absolute Gasteiger partial charge is 0.504 e. The van der Waals surface area contributed by atoms with Gasteiger partial charge in [0.15, 0.2) is 17.6 Å². The van der Waals surface area contributed by atoms with Crippen molar-refractivity contribution in [3.63, 3.8) is 0 Å². The Morgan fingerprint density at radius 2 is 2.00 bits per heavy atom. The van der Waals surface area contributed by atoms with E-state index in [9.17, 15) is 24.6 Å². The van der Waals surface area contributed by atoms with Crippen molar-refractivity contribution in [1.29, 1.82) is 0 Å². The van der Waals surface area contributed by atoms with Gasteiger partial charge in [-0.25, -0.2) is 0 Å². The van der Waals surface area contributed by atoms with Gasteiger partial charge in [0, 0.05) is 0 Å². The molecule has 9 nitrogen and oxygen atoms in total. The molecule has 22 heavy (non-hydrogen) atoms. The molecule has 3 amide bonds. The van der Waals surface area contributed by atoms with E-state index in [1.165, 1.54) is 18.2 Å². The van der Waals surface area contributed by atoms with Gasteiger partial charge in [0.2, 0.25) is 11.8 Å². The molecule has 0 spiro atoms. The SMILES string of the molecule is NC(=O)CN1OC2C(=O)NC(=O)C2C1c1ccc(O)c(O)c1. The molecule has 2 aliphatic heterocycles. The first kappa shape index (κ1) is 14.3. The summed E-state index contributed by atoms with van der Waals surface area (Å²) in [6.07, 6.45) is -1.05. The van der Waals surface area contributed by atoms with Crippen molar-refractivity contribution in [2.24, 2.45) is 11.7 Å². The van der Waals surface area contributed by atoms with Crippen LogP contribution in [0, 0.1) is 5.92 Å². The van der Waals surface area contributed by atoms with Gasteiger partial charge in [-0.3, -0.25) is 24.5 Å². The molecule has 2 heterocycles. The molecule has 0 saturated carbocycles. The molecule has 0 aromatic heterocycles. The molecule has 2 aliphatic rings. The van der Waals surface area contributed by atoms with Gasteiger partial charge in [0.25, 0.3) is 5.91 Å². The number of fused-ring (bicyclic) bond motifs is 1. The van der Waals surface area contributed by atoms with Gasteiger partial charge in [-0.15, -0.1) is 0 Å². The number of aromatic hydroxyl groups is 2. The normalized spacial score (nSPS) is 27.7. The summed E-state index contributed by atoms with van der Waals surface area (Å²) in [5.74, 6) is -3.39. The van der Waals surface area contributed by atoms with Crippen LogP contribution in [0.25, 0.3) is 0 Å². The Bertz CT molecular complexity index is 676. The minimum atomic E-state index is -1.05. The van der Waals surface area contributed by atoms with Crippen LogP contribution in [0.5, 0.6) is 11.5 Å². The van der Waals surface area contributed by atoms with E-state index in [0.717, 1.165) is 5.06 Å². The van der Waals surface area contributed by atoms with Crippen molar-refractivity contribution in [2.75, 3.05) is 6.54 Å². The molecule has 9 heteroatoms. The maximum absolute atomic E-state index is 12.0. The van der Waals surface area contributed by atoms with Crippen molar-refractivity contribution in [3.05, 3.63) is 23.8 Å². The Morgan fingerprint density at radius 1 is 1.27 bits per heavy atom. The Balaban J connectivity index is 2.02. The third-order valence-electron chi connectivity index (χ3n) is 3.69. The fourth-order valence-electron chi connectivity index (χ4n) is 2.78. The van der Waals surface area contributed by atoms with E-state index in [1.54, 1.807) is 0 Å². The summed E-state index contributed by atoms with van der Waals surface area (Å²) in [5.41, 5.74) is 5.56. The summed E-state index contributed by atoms with van der Waals surface area (Å²) in [5, 5.41) is 22.3. The summed E-state index contributed by atoms with van der Waals surface area (Å²) in [7, 11) is 0. The molecular weight excluding hydrogens is 294 g/mol. The second-order valence-electron chi connectivity index (χ2n) is 5.14. The number of hydrogen-bond acceptors (Lipinski definition) is 7. The number of phenols is 2. The number of amides is 3. The Kier molecular flexibility index (Phi) is 3.23. The monoisotopic (exact) mass is 307 g/mol. The van der Waals surface area contributed by atoms with Crippen molar-refractivity contribution in [1.82, 2.24) is 10.4 Å². The van der Waals surface area contributed by atoms with E-state index < -0.39 is 35.8 Å². The number of benzene rings is 1. The van der Waals surface area contributed by atoms with E-state index in [4.69, 9.17) is 10.6 Å². The number of carbonyl (C=O) groups is 3. The van der Waals surface area contributed by atoms with Crippen molar-refractivity contribution < 1.29 is 29.4 Å². The Morgan fingerprint density at radius 3 is 2.64 bits per heavy atom. The highest BCUT2D eigenvalue weighted by atomic mass is 16.7. The van der Waals surface area contributed by atoms with E-state index >= 15 is 0 Å². The number of phenolic OH excluding ortho intramolecular Hbond substituents is 2. The molecule has 3 unspecified atom stereocenters. The third-order valence-corrected chi connectivity index (χ3v) is 3.69. The molecule has 1 aromatic rings. The van der Waals surface area contributed by atoms with Crippen LogP contribution in [0.1, 0.15) is 11.6 Å². The van der Waals surface area contributed by atoms with Crippen molar-refractivity contribution in [2.45, 2.75) is 12.1 Å². The molecule has 1 aromatic carbocycles. The maximum Gasteiger partial charge on any atom is 0.258 e. The molecule has 0 aliphatic carbocycles. The molecule has 0 bridgehead atoms. The predicted molar refractivity (Wildman–Crippen MR) is 69.9 cm³/mol. The second kappa shape index (κ2) is 4.97.